The molecule has 0 aliphatic rings. The van der Waals surface area contributed by atoms with E-state index in [2.05, 4.69) is 23.3 Å². The number of anilines is 1. The van der Waals surface area contributed by atoms with E-state index in [4.69, 9.17) is 0 Å². The molecular weight excluding hydrogens is 188 g/mol. The van der Waals surface area contributed by atoms with Crippen LogP contribution in [0.4, 0.5) is 5.69 Å². The molecule has 0 spiro atoms. The predicted molar refractivity (Wildman–Crippen MR) is 63.5 cm³/mol. The standard InChI is InChI=1S/C12H14N2O/c1-3-13-9-4-5-11-10(7-9)8(2)6-12(15)14-11/h4-7,13H,3H2,1-2H3,(H,14,15). The van der Waals surface area contributed by atoms with Crippen molar-refractivity contribution in [3.8, 4) is 0 Å². The topological polar surface area (TPSA) is 44.9 Å². The Morgan fingerprint density at radius 1 is 1.33 bits per heavy atom. The first-order chi connectivity index (χ1) is 7.20. The van der Waals surface area contributed by atoms with Gasteiger partial charge in [0.25, 0.3) is 0 Å². The smallest absolute Gasteiger partial charge is 0.248 e. The van der Waals surface area contributed by atoms with E-state index in [0.717, 1.165) is 28.7 Å². The van der Waals surface area contributed by atoms with Gasteiger partial charge in [-0.3, -0.25) is 4.79 Å². The summed E-state index contributed by atoms with van der Waals surface area (Å²) in [6.07, 6.45) is 0. The van der Waals surface area contributed by atoms with E-state index < -0.39 is 0 Å². The van der Waals surface area contributed by atoms with E-state index in [9.17, 15) is 4.79 Å². The Balaban J connectivity index is 2.66. The summed E-state index contributed by atoms with van der Waals surface area (Å²) in [6.45, 7) is 4.91. The molecule has 0 bridgehead atoms. The summed E-state index contributed by atoms with van der Waals surface area (Å²) in [4.78, 5) is 14.1. The van der Waals surface area contributed by atoms with Crippen LogP contribution in [0.15, 0.2) is 29.1 Å². The molecule has 0 aliphatic heterocycles. The van der Waals surface area contributed by atoms with Gasteiger partial charge in [-0.15, -0.1) is 0 Å². The first-order valence-electron chi connectivity index (χ1n) is 5.08. The summed E-state index contributed by atoms with van der Waals surface area (Å²) in [7, 11) is 0. The number of aromatic amines is 1. The molecule has 2 rings (SSSR count). The van der Waals surface area contributed by atoms with Crippen molar-refractivity contribution in [1.82, 2.24) is 4.98 Å². The fraction of sp³-hybridized carbons (Fsp3) is 0.250. The lowest BCUT2D eigenvalue weighted by molar-refractivity contribution is 1.21. The molecule has 0 aliphatic carbocycles. The summed E-state index contributed by atoms with van der Waals surface area (Å²) < 4.78 is 0. The van der Waals surface area contributed by atoms with Crippen LogP contribution in [0.25, 0.3) is 10.9 Å². The molecule has 0 atom stereocenters. The van der Waals surface area contributed by atoms with Crippen LogP contribution in [-0.2, 0) is 0 Å². The van der Waals surface area contributed by atoms with Gasteiger partial charge in [-0.1, -0.05) is 0 Å². The molecule has 3 heteroatoms. The van der Waals surface area contributed by atoms with Gasteiger partial charge in [-0.2, -0.15) is 0 Å². The third-order valence-electron chi connectivity index (χ3n) is 2.43. The second-order valence-corrected chi connectivity index (χ2v) is 3.61. The summed E-state index contributed by atoms with van der Waals surface area (Å²) >= 11 is 0. The highest BCUT2D eigenvalue weighted by atomic mass is 16.1. The number of fused-ring (bicyclic) bond motifs is 1. The zero-order valence-electron chi connectivity index (χ0n) is 8.92. The van der Waals surface area contributed by atoms with Gasteiger partial charge < -0.3 is 10.3 Å². The molecular formula is C12H14N2O. The average Bonchev–Trinajstić information content (AvgIpc) is 2.19. The number of benzene rings is 1. The van der Waals surface area contributed by atoms with Gasteiger partial charge >= 0.3 is 0 Å². The fourth-order valence-corrected chi connectivity index (χ4v) is 1.74. The number of hydrogen-bond donors (Lipinski definition) is 2. The third kappa shape index (κ3) is 1.86. The van der Waals surface area contributed by atoms with Crippen molar-refractivity contribution in [2.24, 2.45) is 0 Å². The number of nitrogens with one attached hydrogen (secondary N) is 2. The Hall–Kier alpha value is -1.77. The number of pyridine rings is 1. The van der Waals surface area contributed by atoms with Crippen molar-refractivity contribution in [3.05, 3.63) is 40.2 Å². The van der Waals surface area contributed by atoms with Crippen LogP contribution in [0, 0.1) is 6.92 Å². The molecule has 0 radical (unpaired) electrons. The summed E-state index contributed by atoms with van der Waals surface area (Å²) in [5, 5.41) is 4.34. The van der Waals surface area contributed by atoms with Crippen LogP contribution in [0.2, 0.25) is 0 Å². The lowest BCUT2D eigenvalue weighted by atomic mass is 10.1. The van der Waals surface area contributed by atoms with Crippen LogP contribution >= 0.6 is 0 Å². The Morgan fingerprint density at radius 3 is 2.87 bits per heavy atom. The van der Waals surface area contributed by atoms with Crippen molar-refractivity contribution in [2.75, 3.05) is 11.9 Å². The van der Waals surface area contributed by atoms with Gasteiger partial charge in [0, 0.05) is 29.2 Å². The molecule has 0 unspecified atom stereocenters. The highest BCUT2D eigenvalue weighted by Gasteiger charge is 2.00. The van der Waals surface area contributed by atoms with Gasteiger partial charge in [0.05, 0.1) is 0 Å². The number of rotatable bonds is 2. The highest BCUT2D eigenvalue weighted by molar-refractivity contribution is 5.85. The molecule has 2 aromatic rings. The minimum Gasteiger partial charge on any atom is -0.385 e. The van der Waals surface area contributed by atoms with E-state index in [1.807, 2.05) is 19.1 Å². The fourth-order valence-electron chi connectivity index (χ4n) is 1.74. The second-order valence-electron chi connectivity index (χ2n) is 3.61. The van der Waals surface area contributed by atoms with Crippen molar-refractivity contribution >= 4 is 16.6 Å². The molecule has 1 aromatic heterocycles. The van der Waals surface area contributed by atoms with E-state index in [-0.39, 0.29) is 5.56 Å². The quantitative estimate of drug-likeness (QED) is 0.784. The summed E-state index contributed by atoms with van der Waals surface area (Å²) in [5.41, 5.74) is 2.94. The van der Waals surface area contributed by atoms with Crippen molar-refractivity contribution in [3.63, 3.8) is 0 Å². The molecule has 0 fully saturated rings. The zero-order chi connectivity index (χ0) is 10.8. The Bertz CT molecular complexity index is 543. The van der Waals surface area contributed by atoms with Crippen LogP contribution in [0.1, 0.15) is 12.5 Å². The number of hydrogen-bond acceptors (Lipinski definition) is 2. The Labute approximate surface area is 88.1 Å². The maximum atomic E-state index is 11.2. The number of H-pyrrole nitrogens is 1. The largest absolute Gasteiger partial charge is 0.385 e. The SMILES string of the molecule is CCNc1ccc2[nH]c(=O)cc(C)c2c1. The Kier molecular flexibility index (Phi) is 2.46. The number of aromatic nitrogens is 1. The van der Waals surface area contributed by atoms with E-state index in [1.54, 1.807) is 6.07 Å². The van der Waals surface area contributed by atoms with Gasteiger partial charge in [0.15, 0.2) is 0 Å². The second kappa shape index (κ2) is 3.77. The first kappa shape index (κ1) is 9.77. The predicted octanol–water partition coefficient (Wildman–Crippen LogP) is 2.27. The van der Waals surface area contributed by atoms with Crippen LogP contribution in [-0.4, -0.2) is 11.5 Å². The molecule has 0 saturated heterocycles. The normalized spacial score (nSPS) is 10.5. The van der Waals surface area contributed by atoms with E-state index >= 15 is 0 Å². The van der Waals surface area contributed by atoms with Crippen molar-refractivity contribution in [1.29, 1.82) is 0 Å². The molecule has 2 N–H and O–H groups in total. The highest BCUT2D eigenvalue weighted by Crippen LogP contribution is 2.19. The van der Waals surface area contributed by atoms with Crippen molar-refractivity contribution in [2.45, 2.75) is 13.8 Å². The summed E-state index contributed by atoms with van der Waals surface area (Å²) in [6, 6.07) is 7.59. The minimum atomic E-state index is -0.0452. The van der Waals surface area contributed by atoms with E-state index in [0.29, 0.717) is 0 Å². The maximum absolute atomic E-state index is 11.2. The van der Waals surface area contributed by atoms with Crippen LogP contribution < -0.4 is 10.9 Å². The third-order valence-corrected chi connectivity index (χ3v) is 2.43. The Morgan fingerprint density at radius 2 is 2.13 bits per heavy atom. The lowest BCUT2D eigenvalue weighted by Crippen LogP contribution is -2.05. The minimum absolute atomic E-state index is 0.0452. The molecule has 1 heterocycles. The number of aryl methyl sites for hydroxylation is 1. The zero-order valence-corrected chi connectivity index (χ0v) is 8.92. The molecule has 3 nitrogen and oxygen atoms in total. The van der Waals surface area contributed by atoms with Crippen molar-refractivity contribution < 1.29 is 0 Å². The first-order valence-corrected chi connectivity index (χ1v) is 5.08. The van der Waals surface area contributed by atoms with Crippen LogP contribution in [0.3, 0.4) is 0 Å². The lowest BCUT2D eigenvalue weighted by Gasteiger charge is -2.06. The molecule has 1 aromatic carbocycles. The molecule has 15 heavy (non-hydrogen) atoms. The van der Waals surface area contributed by atoms with Gasteiger partial charge in [-0.25, -0.2) is 0 Å². The van der Waals surface area contributed by atoms with Gasteiger partial charge in [-0.05, 0) is 37.6 Å². The average molecular weight is 202 g/mol. The molecule has 78 valence electrons. The van der Waals surface area contributed by atoms with Gasteiger partial charge in [0.2, 0.25) is 5.56 Å². The molecule has 0 amide bonds. The maximum Gasteiger partial charge on any atom is 0.248 e. The van der Waals surface area contributed by atoms with Gasteiger partial charge in [0.1, 0.15) is 0 Å². The monoisotopic (exact) mass is 202 g/mol. The summed E-state index contributed by atoms with van der Waals surface area (Å²) in [5.74, 6) is 0. The van der Waals surface area contributed by atoms with E-state index in [1.165, 1.54) is 0 Å². The van der Waals surface area contributed by atoms with Crippen LogP contribution in [0.5, 0.6) is 0 Å². The molecule has 0 saturated carbocycles.